The Morgan fingerprint density at radius 3 is 2.74 bits per heavy atom. The predicted octanol–water partition coefficient (Wildman–Crippen LogP) is 4.33. The van der Waals surface area contributed by atoms with Crippen molar-refractivity contribution in [1.29, 1.82) is 0 Å². The molecule has 0 aliphatic carbocycles. The summed E-state index contributed by atoms with van der Waals surface area (Å²) in [4.78, 5) is 14.7. The van der Waals surface area contributed by atoms with E-state index in [1.807, 2.05) is 31.2 Å². The summed E-state index contributed by atoms with van der Waals surface area (Å²) in [6.45, 7) is 4.08. The molecule has 0 N–H and O–H groups in total. The lowest BCUT2D eigenvalue weighted by Gasteiger charge is -2.10. The van der Waals surface area contributed by atoms with Crippen LogP contribution < -0.4 is 4.74 Å². The van der Waals surface area contributed by atoms with Gasteiger partial charge in [-0.25, -0.2) is 4.98 Å². The third kappa shape index (κ3) is 3.09. The molecule has 0 bridgehead atoms. The molecule has 19 heavy (non-hydrogen) atoms. The lowest BCUT2D eigenvalue weighted by atomic mass is 10.1. The molecule has 0 spiro atoms. The number of hydrogen-bond donors (Lipinski definition) is 0. The predicted molar refractivity (Wildman–Crippen MR) is 75.0 cm³/mol. The van der Waals surface area contributed by atoms with Gasteiger partial charge < -0.3 is 4.74 Å². The van der Waals surface area contributed by atoms with Crippen LogP contribution in [0.15, 0.2) is 35.5 Å². The molecule has 1 heterocycles. The number of halogens is 1. The molecule has 2 aromatic rings. The van der Waals surface area contributed by atoms with Crippen molar-refractivity contribution in [3.63, 3.8) is 0 Å². The molecule has 1 aromatic heterocycles. The first-order chi connectivity index (χ1) is 9.11. The smallest absolute Gasteiger partial charge is 0.233 e. The molecule has 2 rings (SSSR count). The second-order valence-corrected chi connectivity index (χ2v) is 4.59. The maximum atomic E-state index is 10.5. The average Bonchev–Trinajstić information content (AvgIpc) is 2.41. The molecule has 0 saturated carbocycles. The minimum atomic E-state index is 0.230. The molecule has 0 fully saturated rings. The Morgan fingerprint density at radius 1 is 1.32 bits per heavy atom. The number of pyridine rings is 1. The maximum absolute atomic E-state index is 10.5. The molecule has 98 valence electrons. The van der Waals surface area contributed by atoms with E-state index in [2.05, 4.69) is 10.2 Å². The van der Waals surface area contributed by atoms with Gasteiger partial charge in [-0.1, -0.05) is 35.9 Å². The fourth-order valence-corrected chi connectivity index (χ4v) is 1.86. The third-order valence-electron chi connectivity index (χ3n) is 2.83. The lowest BCUT2D eigenvalue weighted by molar-refractivity contribution is 0.293. The minimum absolute atomic E-state index is 0.230. The Morgan fingerprint density at radius 2 is 2.05 bits per heavy atom. The first kappa shape index (κ1) is 13.5. The van der Waals surface area contributed by atoms with Crippen molar-refractivity contribution in [1.82, 2.24) is 4.98 Å². The molecular formula is C14H13ClN2O2. The summed E-state index contributed by atoms with van der Waals surface area (Å²) in [6.07, 6.45) is 0. The largest absolute Gasteiger partial charge is 0.472 e. The quantitative estimate of drug-likeness (QED) is 0.781. The summed E-state index contributed by atoms with van der Waals surface area (Å²) in [5, 5.41) is 3.14. The van der Waals surface area contributed by atoms with Crippen molar-refractivity contribution in [2.75, 3.05) is 0 Å². The third-order valence-corrected chi connectivity index (χ3v) is 3.10. The highest BCUT2D eigenvalue weighted by molar-refractivity contribution is 6.32. The van der Waals surface area contributed by atoms with Gasteiger partial charge >= 0.3 is 0 Å². The highest BCUT2D eigenvalue weighted by Gasteiger charge is 2.10. The van der Waals surface area contributed by atoms with E-state index < -0.39 is 0 Å². The number of aromatic nitrogens is 1. The lowest BCUT2D eigenvalue weighted by Crippen LogP contribution is -2.00. The zero-order chi connectivity index (χ0) is 13.8. The molecule has 0 saturated heterocycles. The number of aryl methyl sites for hydroxylation is 2. The van der Waals surface area contributed by atoms with Gasteiger partial charge in [0.1, 0.15) is 17.3 Å². The van der Waals surface area contributed by atoms with Crippen molar-refractivity contribution in [2.45, 2.75) is 20.5 Å². The number of nitrogens with zero attached hydrogens (tertiary/aromatic N) is 2. The molecule has 0 unspecified atom stereocenters. The zero-order valence-electron chi connectivity index (χ0n) is 10.7. The van der Waals surface area contributed by atoms with Gasteiger partial charge in [-0.15, -0.1) is 4.91 Å². The Balaban J connectivity index is 2.18. The van der Waals surface area contributed by atoms with Crippen LogP contribution in [0.3, 0.4) is 0 Å². The fourth-order valence-electron chi connectivity index (χ4n) is 1.66. The summed E-state index contributed by atoms with van der Waals surface area (Å²) in [6, 6.07) is 9.38. The summed E-state index contributed by atoms with van der Waals surface area (Å²) in [5.74, 6) is 0.315. The summed E-state index contributed by atoms with van der Waals surface area (Å²) < 4.78 is 5.60. The first-order valence-corrected chi connectivity index (χ1v) is 6.17. The van der Waals surface area contributed by atoms with Crippen molar-refractivity contribution in [3.8, 4) is 5.88 Å². The highest BCUT2D eigenvalue weighted by Crippen LogP contribution is 2.29. The van der Waals surface area contributed by atoms with Crippen molar-refractivity contribution in [3.05, 3.63) is 57.1 Å². The standard InChI is InChI=1S/C14H13ClN2O2/c1-9-5-3-4-6-11(9)8-19-14-12(15)7-13(17-18)10(2)16-14/h3-7H,8H2,1-2H3. The Labute approximate surface area is 116 Å². The van der Waals surface area contributed by atoms with E-state index in [9.17, 15) is 4.91 Å². The zero-order valence-corrected chi connectivity index (χ0v) is 11.4. The molecule has 0 amide bonds. The Hall–Kier alpha value is -1.94. The Bertz CT molecular complexity index is 614. The van der Waals surface area contributed by atoms with E-state index in [-0.39, 0.29) is 10.7 Å². The number of ether oxygens (including phenoxy) is 1. The minimum Gasteiger partial charge on any atom is -0.472 e. The van der Waals surface area contributed by atoms with Gasteiger partial charge in [0, 0.05) is 0 Å². The molecule has 0 aliphatic heterocycles. The molecule has 0 atom stereocenters. The van der Waals surface area contributed by atoms with Gasteiger partial charge in [0.15, 0.2) is 0 Å². The second kappa shape index (κ2) is 5.80. The van der Waals surface area contributed by atoms with Crippen LogP contribution in [0.1, 0.15) is 16.8 Å². The van der Waals surface area contributed by atoms with Crippen LogP contribution in [0.25, 0.3) is 0 Å². The van der Waals surface area contributed by atoms with E-state index in [0.717, 1.165) is 11.1 Å². The van der Waals surface area contributed by atoms with Crippen LogP contribution in [-0.4, -0.2) is 4.98 Å². The van der Waals surface area contributed by atoms with Gasteiger partial charge in [0.25, 0.3) is 0 Å². The maximum Gasteiger partial charge on any atom is 0.233 e. The van der Waals surface area contributed by atoms with E-state index in [0.29, 0.717) is 18.2 Å². The molecule has 1 aromatic carbocycles. The average molecular weight is 277 g/mol. The van der Waals surface area contributed by atoms with E-state index in [4.69, 9.17) is 16.3 Å². The highest BCUT2D eigenvalue weighted by atomic mass is 35.5. The fraction of sp³-hybridized carbons (Fsp3) is 0.214. The van der Waals surface area contributed by atoms with E-state index >= 15 is 0 Å². The van der Waals surface area contributed by atoms with Crippen molar-refractivity contribution >= 4 is 17.3 Å². The number of nitroso groups, excluding NO2 is 1. The van der Waals surface area contributed by atoms with Gasteiger partial charge in [0.05, 0.1) is 5.69 Å². The van der Waals surface area contributed by atoms with Gasteiger partial charge in [0.2, 0.25) is 5.88 Å². The van der Waals surface area contributed by atoms with Gasteiger partial charge in [-0.3, -0.25) is 0 Å². The van der Waals surface area contributed by atoms with Gasteiger partial charge in [-0.2, -0.15) is 0 Å². The van der Waals surface area contributed by atoms with Crippen molar-refractivity contribution in [2.24, 2.45) is 5.18 Å². The monoisotopic (exact) mass is 276 g/mol. The topological polar surface area (TPSA) is 51.6 Å². The normalized spacial score (nSPS) is 10.3. The molecule has 0 aliphatic rings. The van der Waals surface area contributed by atoms with Crippen LogP contribution in [0.2, 0.25) is 5.02 Å². The number of rotatable bonds is 4. The molecular weight excluding hydrogens is 264 g/mol. The summed E-state index contributed by atoms with van der Waals surface area (Å²) in [7, 11) is 0. The van der Waals surface area contributed by atoms with Crippen LogP contribution in [0.4, 0.5) is 5.69 Å². The van der Waals surface area contributed by atoms with E-state index in [1.54, 1.807) is 6.92 Å². The molecule has 5 heteroatoms. The second-order valence-electron chi connectivity index (χ2n) is 4.19. The van der Waals surface area contributed by atoms with Crippen LogP contribution >= 0.6 is 11.6 Å². The Kier molecular flexibility index (Phi) is 4.12. The molecule has 0 radical (unpaired) electrons. The van der Waals surface area contributed by atoms with Crippen LogP contribution in [-0.2, 0) is 6.61 Å². The SMILES string of the molecule is Cc1ccccc1COc1nc(C)c(N=O)cc1Cl. The first-order valence-electron chi connectivity index (χ1n) is 5.79. The number of benzene rings is 1. The summed E-state index contributed by atoms with van der Waals surface area (Å²) >= 11 is 6.00. The van der Waals surface area contributed by atoms with Crippen molar-refractivity contribution < 1.29 is 4.74 Å². The van der Waals surface area contributed by atoms with E-state index in [1.165, 1.54) is 6.07 Å². The number of hydrogen-bond acceptors (Lipinski definition) is 4. The van der Waals surface area contributed by atoms with Gasteiger partial charge in [-0.05, 0) is 36.2 Å². The summed E-state index contributed by atoms with van der Waals surface area (Å²) in [5.41, 5.74) is 2.93. The van der Waals surface area contributed by atoms with Crippen LogP contribution in [0, 0.1) is 18.8 Å². The van der Waals surface area contributed by atoms with Crippen LogP contribution in [0.5, 0.6) is 5.88 Å². The molecule has 4 nitrogen and oxygen atoms in total.